The highest BCUT2D eigenvalue weighted by atomic mass is 19.3. The van der Waals surface area contributed by atoms with E-state index in [1.165, 1.54) is 7.11 Å². The van der Waals surface area contributed by atoms with Crippen LogP contribution < -0.4 is 0 Å². The third kappa shape index (κ3) is 5.78. The molecular weight excluding hydrogens is 118 g/mol. The molecule has 50 valence electrons. The molecule has 0 aromatic rings. The SMILES string of the molecule is COCOC(C)(F)F. The second kappa shape index (κ2) is 2.94. The fraction of sp³-hybridized carbons (Fsp3) is 1.00. The molecule has 0 saturated heterocycles. The van der Waals surface area contributed by atoms with Crippen LogP contribution in [-0.4, -0.2) is 20.0 Å². The monoisotopic (exact) mass is 126 g/mol. The molecule has 8 heavy (non-hydrogen) atoms. The van der Waals surface area contributed by atoms with Crippen LogP contribution in [0.5, 0.6) is 0 Å². The molecule has 0 aromatic heterocycles. The van der Waals surface area contributed by atoms with Gasteiger partial charge in [0.15, 0.2) is 6.79 Å². The maximum absolute atomic E-state index is 11.6. The van der Waals surface area contributed by atoms with Crippen LogP contribution in [0.25, 0.3) is 0 Å². The lowest BCUT2D eigenvalue weighted by atomic mass is 10.7. The van der Waals surface area contributed by atoms with Crippen LogP contribution in [0.2, 0.25) is 0 Å². The molecule has 0 aromatic carbocycles. The van der Waals surface area contributed by atoms with Gasteiger partial charge in [-0.2, -0.15) is 8.78 Å². The number of alkyl halides is 2. The zero-order chi connectivity index (χ0) is 6.62. The number of hydrogen-bond acceptors (Lipinski definition) is 2. The van der Waals surface area contributed by atoms with Crippen molar-refractivity contribution < 1.29 is 18.3 Å². The van der Waals surface area contributed by atoms with Crippen LogP contribution in [0.1, 0.15) is 6.92 Å². The molecule has 0 aliphatic carbocycles. The summed E-state index contributed by atoms with van der Waals surface area (Å²) < 4.78 is 31.3. The van der Waals surface area contributed by atoms with Crippen molar-refractivity contribution in [2.45, 2.75) is 13.0 Å². The van der Waals surface area contributed by atoms with E-state index in [-0.39, 0.29) is 6.79 Å². The van der Waals surface area contributed by atoms with Gasteiger partial charge < -0.3 is 4.74 Å². The van der Waals surface area contributed by atoms with Gasteiger partial charge in [-0.1, -0.05) is 0 Å². The quantitative estimate of drug-likeness (QED) is 0.529. The van der Waals surface area contributed by atoms with Crippen LogP contribution >= 0.6 is 0 Å². The Hall–Kier alpha value is -0.220. The van der Waals surface area contributed by atoms with Crippen LogP contribution in [0.4, 0.5) is 8.78 Å². The molecule has 0 spiro atoms. The lowest BCUT2D eigenvalue weighted by Crippen LogP contribution is -2.16. The van der Waals surface area contributed by atoms with Crippen molar-refractivity contribution in [1.29, 1.82) is 0 Å². The van der Waals surface area contributed by atoms with Gasteiger partial charge in [-0.3, -0.25) is 4.74 Å². The first kappa shape index (κ1) is 7.78. The van der Waals surface area contributed by atoms with Gasteiger partial charge in [0, 0.05) is 14.0 Å². The van der Waals surface area contributed by atoms with Crippen LogP contribution in [0, 0.1) is 0 Å². The maximum Gasteiger partial charge on any atom is 0.354 e. The maximum atomic E-state index is 11.6. The Morgan fingerprint density at radius 2 is 2.00 bits per heavy atom. The van der Waals surface area contributed by atoms with Gasteiger partial charge in [0.1, 0.15) is 0 Å². The number of rotatable bonds is 3. The van der Waals surface area contributed by atoms with Crippen molar-refractivity contribution >= 4 is 0 Å². The van der Waals surface area contributed by atoms with Crippen molar-refractivity contribution in [3.05, 3.63) is 0 Å². The van der Waals surface area contributed by atoms with Crippen molar-refractivity contribution in [3.63, 3.8) is 0 Å². The predicted octanol–water partition coefficient (Wildman–Crippen LogP) is 1.22. The summed E-state index contributed by atoms with van der Waals surface area (Å²) in [4.78, 5) is 0. The first-order chi connectivity index (χ1) is 3.56. The van der Waals surface area contributed by atoms with Gasteiger partial charge >= 0.3 is 6.11 Å². The van der Waals surface area contributed by atoms with Gasteiger partial charge in [0.2, 0.25) is 0 Å². The first-order valence-corrected chi connectivity index (χ1v) is 2.07. The fourth-order valence-electron chi connectivity index (χ4n) is 0.162. The minimum atomic E-state index is -3.07. The van der Waals surface area contributed by atoms with E-state index in [0.29, 0.717) is 6.92 Å². The summed E-state index contributed by atoms with van der Waals surface area (Å²) >= 11 is 0. The average molecular weight is 126 g/mol. The first-order valence-electron chi connectivity index (χ1n) is 2.07. The molecule has 2 nitrogen and oxygen atoms in total. The second-order valence-electron chi connectivity index (χ2n) is 1.36. The highest BCUT2D eigenvalue weighted by Gasteiger charge is 2.20. The van der Waals surface area contributed by atoms with E-state index in [2.05, 4.69) is 9.47 Å². The van der Waals surface area contributed by atoms with E-state index in [0.717, 1.165) is 0 Å². The molecule has 0 amide bonds. The van der Waals surface area contributed by atoms with Crippen molar-refractivity contribution in [2.24, 2.45) is 0 Å². The molecular formula is C4H8F2O2. The molecule has 4 heteroatoms. The highest BCUT2D eigenvalue weighted by molar-refractivity contribution is 4.32. The van der Waals surface area contributed by atoms with Crippen molar-refractivity contribution in [1.82, 2.24) is 0 Å². The van der Waals surface area contributed by atoms with E-state index < -0.39 is 6.11 Å². The third-order valence-electron chi connectivity index (χ3n) is 0.430. The molecule has 0 fully saturated rings. The number of hydrogen-bond donors (Lipinski definition) is 0. The number of methoxy groups -OCH3 is 1. The second-order valence-corrected chi connectivity index (χ2v) is 1.36. The zero-order valence-corrected chi connectivity index (χ0v) is 4.78. The molecule has 0 unspecified atom stereocenters. The van der Waals surface area contributed by atoms with E-state index in [1.807, 2.05) is 0 Å². The zero-order valence-electron chi connectivity index (χ0n) is 4.78. The Kier molecular flexibility index (Phi) is 2.86. The normalized spacial score (nSPS) is 12.0. The Balaban J connectivity index is 3.11. The van der Waals surface area contributed by atoms with Gasteiger partial charge in [-0.05, 0) is 0 Å². The number of halogens is 2. The summed E-state index contributed by atoms with van der Waals surface area (Å²) in [6.45, 7) is 0.287. The van der Waals surface area contributed by atoms with Crippen LogP contribution in [0.3, 0.4) is 0 Å². The summed E-state index contributed by atoms with van der Waals surface area (Å²) in [5.41, 5.74) is 0. The van der Waals surface area contributed by atoms with E-state index in [1.54, 1.807) is 0 Å². The fourth-order valence-corrected chi connectivity index (χ4v) is 0.162. The topological polar surface area (TPSA) is 18.5 Å². The van der Waals surface area contributed by atoms with E-state index in [9.17, 15) is 8.78 Å². The molecule has 0 bridgehead atoms. The molecule has 0 rings (SSSR count). The Morgan fingerprint density at radius 3 is 2.12 bits per heavy atom. The molecule has 0 N–H and O–H groups in total. The largest absolute Gasteiger partial charge is 0.358 e. The van der Waals surface area contributed by atoms with Crippen molar-refractivity contribution in [2.75, 3.05) is 13.9 Å². The summed E-state index contributed by atoms with van der Waals surface area (Å²) in [5, 5.41) is 0. The lowest BCUT2D eigenvalue weighted by Gasteiger charge is -2.08. The van der Waals surface area contributed by atoms with E-state index in [4.69, 9.17) is 0 Å². The van der Waals surface area contributed by atoms with Crippen LogP contribution in [0.15, 0.2) is 0 Å². The summed E-state index contributed by atoms with van der Waals surface area (Å²) in [7, 11) is 1.28. The highest BCUT2D eigenvalue weighted by Crippen LogP contribution is 2.11. The molecule has 0 saturated carbocycles. The molecule has 0 heterocycles. The summed E-state index contributed by atoms with van der Waals surface area (Å²) in [6, 6.07) is 0. The minimum Gasteiger partial charge on any atom is -0.358 e. The number of ether oxygens (including phenoxy) is 2. The van der Waals surface area contributed by atoms with Gasteiger partial charge in [0.05, 0.1) is 0 Å². The minimum absolute atomic E-state index is 0.372. The Bertz CT molecular complexity index is 59.5. The molecule has 0 aliphatic rings. The van der Waals surface area contributed by atoms with E-state index >= 15 is 0 Å². The summed E-state index contributed by atoms with van der Waals surface area (Å²) in [6.07, 6.45) is -3.07. The smallest absolute Gasteiger partial charge is 0.354 e. The Labute approximate surface area is 46.4 Å². The molecule has 0 atom stereocenters. The predicted molar refractivity (Wildman–Crippen MR) is 23.6 cm³/mol. The lowest BCUT2D eigenvalue weighted by molar-refractivity contribution is -0.260. The Morgan fingerprint density at radius 1 is 1.50 bits per heavy atom. The standard InChI is InChI=1S/C4H8F2O2/c1-4(5,6)8-3-7-2/h3H2,1-2H3. The van der Waals surface area contributed by atoms with Gasteiger partial charge in [-0.15, -0.1) is 0 Å². The van der Waals surface area contributed by atoms with Crippen LogP contribution in [-0.2, 0) is 9.47 Å². The average Bonchev–Trinajstić information content (AvgIpc) is 1.59. The van der Waals surface area contributed by atoms with Crippen molar-refractivity contribution in [3.8, 4) is 0 Å². The molecule has 0 aliphatic heterocycles. The van der Waals surface area contributed by atoms with Gasteiger partial charge in [-0.25, -0.2) is 0 Å². The third-order valence-corrected chi connectivity index (χ3v) is 0.430. The van der Waals surface area contributed by atoms with Gasteiger partial charge in [0.25, 0.3) is 0 Å². The molecule has 0 radical (unpaired) electrons. The summed E-state index contributed by atoms with van der Waals surface area (Å²) in [5.74, 6) is 0.